The van der Waals surface area contributed by atoms with Gasteiger partial charge in [-0.15, -0.1) is 11.3 Å². The Hall–Kier alpha value is -2.30. The normalized spacial score (nSPS) is 21.0. The van der Waals surface area contributed by atoms with Crippen LogP contribution in [0, 0.1) is 5.92 Å². The smallest absolute Gasteiger partial charge is 0.263 e. The fraction of sp³-hybridized carbons (Fsp3) is 0.500. The Morgan fingerprint density at radius 2 is 2.03 bits per heavy atom. The number of hydrogen-bond donors (Lipinski definition) is 2. The number of carbonyl (C=O) groups excluding carboxylic acids is 1. The highest BCUT2D eigenvalue weighted by Gasteiger charge is 2.33. The Bertz CT molecular complexity index is 1110. The van der Waals surface area contributed by atoms with E-state index < -0.39 is 16.1 Å². The molecular formula is C22H29N5O3S2. The van der Waals surface area contributed by atoms with Gasteiger partial charge >= 0.3 is 0 Å². The predicted octanol–water partition coefficient (Wildman–Crippen LogP) is 3.22. The van der Waals surface area contributed by atoms with Crippen LogP contribution in [0.15, 0.2) is 39.5 Å². The number of carbonyl (C=O) groups is 1. The average molecular weight is 476 g/mol. The van der Waals surface area contributed by atoms with Gasteiger partial charge in [0.15, 0.2) is 5.13 Å². The molecule has 32 heavy (non-hydrogen) atoms. The molecule has 1 fully saturated rings. The van der Waals surface area contributed by atoms with E-state index in [1.54, 1.807) is 18.2 Å². The van der Waals surface area contributed by atoms with Gasteiger partial charge in [-0.25, -0.2) is 13.4 Å². The maximum Gasteiger partial charge on any atom is 0.263 e. The summed E-state index contributed by atoms with van der Waals surface area (Å²) >= 11 is 1.40. The number of likely N-dealkylation sites (tertiary alicyclic amines) is 1. The molecule has 8 nitrogen and oxygen atoms in total. The molecule has 0 radical (unpaired) electrons. The molecule has 0 aliphatic carbocycles. The maximum atomic E-state index is 13.1. The SMILES string of the molecule is CC[C@H](C)[C@H](N=C1NS(=O)(=O)c2ccccc21)C(=O)Nc1nc(CN2CCCCC2)cs1. The molecule has 0 bridgehead atoms. The summed E-state index contributed by atoms with van der Waals surface area (Å²) in [6, 6.07) is 5.93. The van der Waals surface area contributed by atoms with Crippen LogP contribution in [0.5, 0.6) is 0 Å². The molecule has 10 heteroatoms. The molecule has 2 aliphatic heterocycles. The largest absolute Gasteiger partial charge is 0.300 e. The second kappa shape index (κ2) is 9.68. The number of amidine groups is 1. The molecule has 0 saturated carbocycles. The molecule has 2 aliphatic rings. The molecule has 1 amide bonds. The van der Waals surface area contributed by atoms with Crippen molar-refractivity contribution in [3.05, 3.63) is 40.9 Å². The molecule has 1 saturated heterocycles. The Kier molecular flexibility index (Phi) is 6.92. The van der Waals surface area contributed by atoms with Crippen LogP contribution in [0.4, 0.5) is 5.13 Å². The fourth-order valence-corrected chi connectivity index (χ4v) is 5.94. The minimum Gasteiger partial charge on any atom is -0.300 e. The summed E-state index contributed by atoms with van der Waals surface area (Å²) in [5, 5.41) is 5.43. The molecule has 2 aromatic rings. The van der Waals surface area contributed by atoms with Crippen LogP contribution in [0.1, 0.15) is 50.8 Å². The van der Waals surface area contributed by atoms with Crippen LogP contribution in [0.25, 0.3) is 0 Å². The first-order chi connectivity index (χ1) is 15.4. The molecule has 2 atom stereocenters. The van der Waals surface area contributed by atoms with Crippen LogP contribution in [-0.4, -0.2) is 49.2 Å². The van der Waals surface area contributed by atoms with Crippen molar-refractivity contribution in [3.63, 3.8) is 0 Å². The van der Waals surface area contributed by atoms with Crippen LogP contribution < -0.4 is 10.0 Å². The van der Waals surface area contributed by atoms with Crippen LogP contribution in [0.2, 0.25) is 0 Å². The summed E-state index contributed by atoms with van der Waals surface area (Å²) in [5.41, 5.74) is 1.45. The third-order valence-electron chi connectivity index (χ3n) is 6.00. The first kappa shape index (κ1) is 22.9. The summed E-state index contributed by atoms with van der Waals surface area (Å²) in [6.45, 7) is 6.89. The monoisotopic (exact) mass is 475 g/mol. The second-order valence-electron chi connectivity index (χ2n) is 8.38. The van der Waals surface area contributed by atoms with Crippen molar-refractivity contribution in [2.45, 2.75) is 57.0 Å². The first-order valence-electron chi connectivity index (χ1n) is 11.0. The summed E-state index contributed by atoms with van der Waals surface area (Å²) in [6.07, 6.45) is 4.45. The third-order valence-corrected chi connectivity index (χ3v) is 8.20. The predicted molar refractivity (Wildman–Crippen MR) is 126 cm³/mol. The lowest BCUT2D eigenvalue weighted by molar-refractivity contribution is -0.118. The maximum absolute atomic E-state index is 13.1. The Labute approximate surface area is 193 Å². The number of nitrogens with one attached hydrogen (secondary N) is 2. The van der Waals surface area contributed by atoms with Gasteiger partial charge in [0.25, 0.3) is 15.9 Å². The highest BCUT2D eigenvalue weighted by Crippen LogP contribution is 2.25. The quantitative estimate of drug-likeness (QED) is 0.640. The van der Waals surface area contributed by atoms with Gasteiger partial charge in [0.1, 0.15) is 11.9 Å². The number of thiazole rings is 1. The van der Waals surface area contributed by atoms with Gasteiger partial charge in [-0.1, -0.05) is 38.8 Å². The molecule has 0 unspecified atom stereocenters. The van der Waals surface area contributed by atoms with E-state index in [-0.39, 0.29) is 22.6 Å². The number of aliphatic imine (C=N–C) groups is 1. The summed E-state index contributed by atoms with van der Waals surface area (Å²) < 4.78 is 27.3. The van der Waals surface area contributed by atoms with E-state index in [9.17, 15) is 13.2 Å². The van der Waals surface area contributed by atoms with Crippen molar-refractivity contribution >= 4 is 38.2 Å². The van der Waals surface area contributed by atoms with Crippen molar-refractivity contribution in [1.82, 2.24) is 14.6 Å². The minimum atomic E-state index is -3.66. The van der Waals surface area contributed by atoms with Crippen molar-refractivity contribution in [2.24, 2.45) is 10.9 Å². The number of nitrogens with zero attached hydrogens (tertiary/aromatic N) is 3. The molecule has 172 valence electrons. The summed E-state index contributed by atoms with van der Waals surface area (Å²) in [7, 11) is -3.66. The van der Waals surface area contributed by atoms with E-state index in [0.717, 1.165) is 31.7 Å². The fourth-order valence-electron chi connectivity index (χ4n) is 4.00. The molecular weight excluding hydrogens is 446 g/mol. The third kappa shape index (κ3) is 5.02. The topological polar surface area (TPSA) is 104 Å². The Morgan fingerprint density at radius 3 is 2.78 bits per heavy atom. The lowest BCUT2D eigenvalue weighted by Gasteiger charge is -2.25. The van der Waals surface area contributed by atoms with E-state index in [1.807, 2.05) is 19.2 Å². The number of rotatable bonds is 7. The number of amides is 1. The molecule has 1 aromatic carbocycles. The number of benzene rings is 1. The zero-order valence-corrected chi connectivity index (χ0v) is 20.0. The van der Waals surface area contributed by atoms with E-state index in [4.69, 9.17) is 0 Å². The average Bonchev–Trinajstić information content (AvgIpc) is 3.33. The highest BCUT2D eigenvalue weighted by molar-refractivity contribution is 7.90. The van der Waals surface area contributed by atoms with Crippen LogP contribution >= 0.6 is 11.3 Å². The van der Waals surface area contributed by atoms with Gasteiger partial charge < -0.3 is 5.32 Å². The van der Waals surface area contributed by atoms with Crippen molar-refractivity contribution in [2.75, 3.05) is 18.4 Å². The molecule has 3 heterocycles. The number of aromatic nitrogens is 1. The van der Waals surface area contributed by atoms with Gasteiger partial charge in [0, 0.05) is 17.5 Å². The number of anilines is 1. The Balaban J connectivity index is 1.51. The lowest BCUT2D eigenvalue weighted by atomic mass is 9.99. The molecule has 4 rings (SSSR count). The van der Waals surface area contributed by atoms with E-state index in [0.29, 0.717) is 10.7 Å². The zero-order chi connectivity index (χ0) is 22.7. The van der Waals surface area contributed by atoms with Gasteiger partial charge in [-0.3, -0.25) is 19.4 Å². The lowest BCUT2D eigenvalue weighted by Crippen LogP contribution is -2.35. The number of fused-ring (bicyclic) bond motifs is 1. The number of hydrogen-bond acceptors (Lipinski definition) is 7. The molecule has 1 aromatic heterocycles. The highest BCUT2D eigenvalue weighted by atomic mass is 32.2. The van der Waals surface area contributed by atoms with Gasteiger partial charge in [0.2, 0.25) is 0 Å². The van der Waals surface area contributed by atoms with Crippen molar-refractivity contribution in [1.29, 1.82) is 0 Å². The van der Waals surface area contributed by atoms with E-state index in [1.165, 1.54) is 36.7 Å². The van der Waals surface area contributed by atoms with E-state index in [2.05, 4.69) is 24.9 Å². The molecule has 0 spiro atoms. The standard InChI is InChI=1S/C22H29N5O3S2/c1-3-15(2)19(24-20-17-9-5-6-10-18(17)32(29,30)26-20)21(28)25-22-23-16(14-31-22)13-27-11-7-4-8-12-27/h5-6,9-10,14-15,19H,3-4,7-8,11-13H2,1-2H3,(H,24,26)(H,23,25,28)/t15-,19-/m0/s1. The van der Waals surface area contributed by atoms with E-state index >= 15 is 0 Å². The summed E-state index contributed by atoms with van der Waals surface area (Å²) in [4.78, 5) is 24.9. The first-order valence-corrected chi connectivity index (χ1v) is 13.4. The number of sulfonamides is 1. The van der Waals surface area contributed by atoms with Gasteiger partial charge in [0.05, 0.1) is 10.6 Å². The van der Waals surface area contributed by atoms with Crippen LogP contribution in [0.3, 0.4) is 0 Å². The minimum absolute atomic E-state index is 0.0763. The zero-order valence-electron chi connectivity index (χ0n) is 18.4. The van der Waals surface area contributed by atoms with Gasteiger partial charge in [-0.05, 0) is 44.0 Å². The number of piperidine rings is 1. The summed E-state index contributed by atoms with van der Waals surface area (Å²) in [5.74, 6) is -0.146. The second-order valence-corrected chi connectivity index (χ2v) is 10.9. The van der Waals surface area contributed by atoms with Crippen molar-refractivity contribution in [3.8, 4) is 0 Å². The van der Waals surface area contributed by atoms with Crippen molar-refractivity contribution < 1.29 is 13.2 Å². The van der Waals surface area contributed by atoms with Crippen LogP contribution in [-0.2, 0) is 21.4 Å². The molecule has 2 N–H and O–H groups in total. The Morgan fingerprint density at radius 1 is 1.28 bits per heavy atom. The van der Waals surface area contributed by atoms with Gasteiger partial charge in [-0.2, -0.15) is 0 Å².